The van der Waals surface area contributed by atoms with E-state index in [9.17, 15) is 18.3 Å². The van der Waals surface area contributed by atoms with Crippen molar-refractivity contribution in [1.82, 2.24) is 15.0 Å². The first kappa shape index (κ1) is 26.8. The lowest BCUT2D eigenvalue weighted by molar-refractivity contribution is -0.125. The van der Waals surface area contributed by atoms with Crippen LogP contribution in [0.4, 0.5) is 17.6 Å². The normalized spacial score (nSPS) is 16.3. The van der Waals surface area contributed by atoms with Crippen molar-refractivity contribution < 1.29 is 23.1 Å². The van der Waals surface area contributed by atoms with Gasteiger partial charge in [-0.15, -0.1) is 0 Å². The number of morpholine rings is 1. The number of carbonyl (C=O) groups is 1. The highest BCUT2D eigenvalue weighted by Crippen LogP contribution is 2.24. The molecule has 0 bridgehead atoms. The molecule has 0 aliphatic carbocycles. The number of carbonyl (C=O) groups excluding carboxylic acids is 1. The van der Waals surface area contributed by atoms with Crippen molar-refractivity contribution in [1.29, 1.82) is 0 Å². The van der Waals surface area contributed by atoms with Gasteiger partial charge in [-0.2, -0.15) is 15.0 Å². The van der Waals surface area contributed by atoms with Gasteiger partial charge in [-0.25, -0.2) is 8.42 Å². The summed E-state index contributed by atoms with van der Waals surface area (Å²) in [4.78, 5) is 26.7. The molecule has 1 aliphatic heterocycles. The molecule has 3 rings (SSSR count). The van der Waals surface area contributed by atoms with Gasteiger partial charge in [-0.3, -0.25) is 9.52 Å². The molecule has 0 radical (unpaired) electrons. The Bertz CT molecular complexity index is 1110. The molecule has 3 N–H and O–H groups in total. The molecule has 2 aromatic rings. The SMILES string of the molecule is CC(C)C[C@H](CO)Nc1nc(CC(C)c2ccc(N3CCOCC3=O)cc2)nc(NS(C)(=O)=O)n1. The summed E-state index contributed by atoms with van der Waals surface area (Å²) in [6.07, 6.45) is 2.16. The fraction of sp³-hybridized carbons (Fsp3) is 0.565. The molecule has 0 saturated carbocycles. The van der Waals surface area contributed by atoms with Crippen LogP contribution < -0.4 is 14.9 Å². The van der Waals surface area contributed by atoms with Crippen LogP contribution in [0.15, 0.2) is 24.3 Å². The van der Waals surface area contributed by atoms with Crippen LogP contribution >= 0.6 is 0 Å². The minimum Gasteiger partial charge on any atom is -0.394 e. The minimum atomic E-state index is -3.59. The first-order valence-corrected chi connectivity index (χ1v) is 13.5. The zero-order valence-electron chi connectivity index (χ0n) is 20.6. The van der Waals surface area contributed by atoms with E-state index in [0.717, 1.165) is 17.5 Å². The van der Waals surface area contributed by atoms with Crippen molar-refractivity contribution in [2.24, 2.45) is 5.92 Å². The standard InChI is InChI=1S/C23H34N6O5S/c1-15(2)11-18(13-30)24-22-25-20(26-23(27-22)28-35(4,32)33)12-16(3)17-5-7-19(8-6-17)29-9-10-34-14-21(29)31/h5-8,15-16,18,30H,9-14H2,1-4H3,(H2,24,25,26,27,28)/t16?,18-/m1/s1. The summed E-state index contributed by atoms with van der Waals surface area (Å²) in [6, 6.07) is 7.46. The van der Waals surface area contributed by atoms with Gasteiger partial charge in [0.15, 0.2) is 0 Å². The van der Waals surface area contributed by atoms with Crippen LogP contribution in [0.1, 0.15) is 44.5 Å². The Morgan fingerprint density at radius 3 is 2.40 bits per heavy atom. The van der Waals surface area contributed by atoms with Crippen LogP contribution in [0.25, 0.3) is 0 Å². The third-order valence-corrected chi connectivity index (χ3v) is 6.07. The molecule has 192 valence electrons. The Kier molecular flexibility index (Phi) is 8.98. The number of anilines is 3. The van der Waals surface area contributed by atoms with E-state index in [1.54, 1.807) is 4.90 Å². The number of hydrogen-bond donors (Lipinski definition) is 3. The zero-order valence-corrected chi connectivity index (χ0v) is 21.4. The lowest BCUT2D eigenvalue weighted by Gasteiger charge is -2.27. The Morgan fingerprint density at radius 1 is 1.11 bits per heavy atom. The van der Waals surface area contributed by atoms with Gasteiger partial charge in [-0.05, 0) is 36.0 Å². The number of ether oxygens (including phenoxy) is 1. The summed E-state index contributed by atoms with van der Waals surface area (Å²) in [5.74, 6) is 0.825. The highest BCUT2D eigenvalue weighted by molar-refractivity contribution is 7.91. The van der Waals surface area contributed by atoms with Crippen molar-refractivity contribution in [3.05, 3.63) is 35.7 Å². The molecule has 1 saturated heterocycles. The van der Waals surface area contributed by atoms with Crippen LogP contribution in [0, 0.1) is 5.92 Å². The quantitative estimate of drug-likeness (QED) is 0.415. The van der Waals surface area contributed by atoms with E-state index < -0.39 is 10.0 Å². The second-order valence-electron chi connectivity index (χ2n) is 9.22. The summed E-state index contributed by atoms with van der Waals surface area (Å²) in [7, 11) is -3.59. The molecule has 12 heteroatoms. The summed E-state index contributed by atoms with van der Waals surface area (Å²) in [5, 5.41) is 12.8. The van der Waals surface area contributed by atoms with Gasteiger partial charge in [0, 0.05) is 18.7 Å². The van der Waals surface area contributed by atoms with E-state index in [2.05, 4.69) is 25.0 Å². The van der Waals surface area contributed by atoms with E-state index in [1.165, 1.54) is 0 Å². The molecular weight excluding hydrogens is 472 g/mol. The fourth-order valence-electron chi connectivity index (χ4n) is 3.88. The highest BCUT2D eigenvalue weighted by Gasteiger charge is 2.21. The zero-order chi connectivity index (χ0) is 25.6. The molecule has 1 aromatic carbocycles. The Hall–Kier alpha value is -2.83. The van der Waals surface area contributed by atoms with E-state index in [1.807, 2.05) is 45.0 Å². The second-order valence-corrected chi connectivity index (χ2v) is 11.0. The molecule has 2 heterocycles. The molecule has 1 aromatic heterocycles. The molecule has 1 unspecified atom stereocenters. The van der Waals surface area contributed by atoms with Crippen LogP contribution in [0.5, 0.6) is 0 Å². The molecule has 11 nitrogen and oxygen atoms in total. The average Bonchev–Trinajstić information content (AvgIpc) is 2.77. The Labute approximate surface area is 206 Å². The van der Waals surface area contributed by atoms with Crippen molar-refractivity contribution >= 4 is 33.5 Å². The predicted molar refractivity (Wildman–Crippen MR) is 134 cm³/mol. The largest absolute Gasteiger partial charge is 0.394 e. The third-order valence-electron chi connectivity index (χ3n) is 5.52. The molecule has 2 atom stereocenters. The number of benzene rings is 1. The van der Waals surface area contributed by atoms with Gasteiger partial charge in [0.05, 0.1) is 25.5 Å². The number of hydrogen-bond acceptors (Lipinski definition) is 9. The molecule has 35 heavy (non-hydrogen) atoms. The number of aromatic nitrogens is 3. The number of amides is 1. The Morgan fingerprint density at radius 2 is 1.80 bits per heavy atom. The summed E-state index contributed by atoms with van der Waals surface area (Å²) in [5.41, 5.74) is 1.84. The van der Waals surface area contributed by atoms with Crippen molar-refractivity contribution in [2.45, 2.75) is 45.6 Å². The van der Waals surface area contributed by atoms with Crippen LogP contribution in [-0.2, 0) is 26.0 Å². The predicted octanol–water partition coefficient (Wildman–Crippen LogP) is 1.77. The fourth-order valence-corrected chi connectivity index (χ4v) is 4.31. The molecule has 0 spiro atoms. The van der Waals surface area contributed by atoms with E-state index in [-0.39, 0.29) is 43.0 Å². The number of rotatable bonds is 11. The number of aliphatic hydroxyl groups excluding tert-OH is 1. The topological polar surface area (TPSA) is 147 Å². The first-order valence-electron chi connectivity index (χ1n) is 11.6. The summed E-state index contributed by atoms with van der Waals surface area (Å²) < 4.78 is 31.0. The van der Waals surface area contributed by atoms with Gasteiger partial charge in [0.2, 0.25) is 21.9 Å². The van der Waals surface area contributed by atoms with Gasteiger partial charge in [0.1, 0.15) is 12.4 Å². The Balaban J connectivity index is 1.79. The maximum atomic E-state index is 12.1. The van der Waals surface area contributed by atoms with Gasteiger partial charge in [-0.1, -0.05) is 32.9 Å². The van der Waals surface area contributed by atoms with Crippen molar-refractivity contribution in [3.8, 4) is 0 Å². The van der Waals surface area contributed by atoms with Gasteiger partial charge in [0.25, 0.3) is 5.91 Å². The van der Waals surface area contributed by atoms with E-state index in [0.29, 0.717) is 37.7 Å². The lowest BCUT2D eigenvalue weighted by Crippen LogP contribution is -2.41. The molecule has 1 aliphatic rings. The summed E-state index contributed by atoms with van der Waals surface area (Å²) >= 11 is 0. The monoisotopic (exact) mass is 506 g/mol. The second kappa shape index (κ2) is 11.7. The van der Waals surface area contributed by atoms with Crippen LogP contribution in [0.3, 0.4) is 0 Å². The number of sulfonamides is 1. The lowest BCUT2D eigenvalue weighted by atomic mass is 9.97. The van der Waals surface area contributed by atoms with Crippen molar-refractivity contribution in [2.75, 3.05) is 47.6 Å². The minimum absolute atomic E-state index is 0.00933. The van der Waals surface area contributed by atoms with Gasteiger partial charge >= 0.3 is 0 Å². The number of nitrogens with zero attached hydrogens (tertiary/aromatic N) is 4. The number of nitrogens with one attached hydrogen (secondary N) is 2. The van der Waals surface area contributed by atoms with Crippen LogP contribution in [0.2, 0.25) is 0 Å². The van der Waals surface area contributed by atoms with Crippen LogP contribution in [-0.4, -0.2) is 73.0 Å². The smallest absolute Gasteiger partial charge is 0.253 e. The number of aliphatic hydroxyl groups is 1. The summed E-state index contributed by atoms with van der Waals surface area (Å²) in [6.45, 7) is 7.12. The van der Waals surface area contributed by atoms with E-state index >= 15 is 0 Å². The first-order chi connectivity index (χ1) is 16.5. The molecule has 1 fully saturated rings. The third kappa shape index (κ3) is 8.11. The molecule has 1 amide bonds. The van der Waals surface area contributed by atoms with E-state index in [4.69, 9.17) is 4.74 Å². The van der Waals surface area contributed by atoms with Crippen molar-refractivity contribution in [3.63, 3.8) is 0 Å². The maximum Gasteiger partial charge on any atom is 0.253 e. The average molecular weight is 507 g/mol. The van der Waals surface area contributed by atoms with Gasteiger partial charge < -0.3 is 20.1 Å². The highest BCUT2D eigenvalue weighted by atomic mass is 32.2. The molecular formula is C23H34N6O5S. The maximum absolute atomic E-state index is 12.1.